The van der Waals surface area contributed by atoms with Crippen molar-refractivity contribution in [2.75, 3.05) is 26.2 Å². The summed E-state index contributed by atoms with van der Waals surface area (Å²) in [5.41, 5.74) is 6.98. The first-order valence-electron chi connectivity index (χ1n) is 10.6. The molecule has 1 heterocycles. The molecule has 0 radical (unpaired) electrons. The lowest BCUT2D eigenvalue weighted by molar-refractivity contribution is -0.146. The average Bonchev–Trinajstić information content (AvgIpc) is 2.81. The van der Waals surface area contributed by atoms with E-state index in [0.717, 1.165) is 11.3 Å². The Bertz CT molecular complexity index is 922. The number of hydrogen-bond acceptors (Lipinski definition) is 6. The van der Waals surface area contributed by atoms with Crippen molar-refractivity contribution in [1.29, 1.82) is 0 Å². The van der Waals surface area contributed by atoms with Gasteiger partial charge in [-0.2, -0.15) is 0 Å². The van der Waals surface area contributed by atoms with Crippen LogP contribution < -0.4 is 11.1 Å². The second kappa shape index (κ2) is 13.7. The summed E-state index contributed by atoms with van der Waals surface area (Å²) in [6.45, 7) is 3.79. The molecule has 33 heavy (non-hydrogen) atoms. The van der Waals surface area contributed by atoms with Gasteiger partial charge < -0.3 is 20.7 Å². The Morgan fingerprint density at radius 3 is 2.58 bits per heavy atom. The number of carbonyl (C=O) groups is 3. The highest BCUT2D eigenvalue weighted by molar-refractivity contribution is 5.89. The third-order valence-corrected chi connectivity index (χ3v) is 4.77. The fourth-order valence-electron chi connectivity index (χ4n) is 3.14. The number of esters is 1. The summed E-state index contributed by atoms with van der Waals surface area (Å²) in [6.07, 6.45) is 3.78. The van der Waals surface area contributed by atoms with Crippen molar-refractivity contribution in [1.82, 2.24) is 15.2 Å². The number of halogens is 1. The summed E-state index contributed by atoms with van der Waals surface area (Å²) in [6, 6.07) is 10.5. The number of amides is 2. The number of hydrogen-bond donors (Lipinski definition) is 2. The molecule has 0 aliphatic heterocycles. The standard InChI is InChI=1S/C24H29FN4O4/c1-2-15-33-23(31)16-21(28-13-10-18-6-8-19(25)9-7-18)24(32)29(17-22(26)30)14-11-20-5-3-4-12-27-20/h2-9,12,21,28H,1,10-11,13-17H2,(H2,26,30). The number of nitrogens with one attached hydrogen (secondary N) is 1. The van der Waals surface area contributed by atoms with Crippen LogP contribution in [0.5, 0.6) is 0 Å². The van der Waals surface area contributed by atoms with Crippen LogP contribution in [0.15, 0.2) is 61.3 Å². The molecule has 0 aliphatic carbocycles. The minimum absolute atomic E-state index is 0.0278. The van der Waals surface area contributed by atoms with E-state index in [2.05, 4.69) is 16.9 Å². The van der Waals surface area contributed by atoms with Crippen LogP contribution in [0.3, 0.4) is 0 Å². The molecule has 0 saturated heterocycles. The number of nitrogens with two attached hydrogens (primary N) is 1. The van der Waals surface area contributed by atoms with Crippen LogP contribution in [0.2, 0.25) is 0 Å². The van der Waals surface area contributed by atoms with Crippen molar-refractivity contribution in [3.63, 3.8) is 0 Å². The first-order chi connectivity index (χ1) is 15.9. The van der Waals surface area contributed by atoms with Crippen molar-refractivity contribution in [2.24, 2.45) is 5.73 Å². The molecule has 3 N–H and O–H groups in total. The lowest BCUT2D eigenvalue weighted by Gasteiger charge is -2.27. The van der Waals surface area contributed by atoms with Gasteiger partial charge >= 0.3 is 5.97 Å². The third-order valence-electron chi connectivity index (χ3n) is 4.77. The molecule has 8 nitrogen and oxygen atoms in total. The van der Waals surface area contributed by atoms with Crippen molar-refractivity contribution in [3.05, 3.63) is 78.4 Å². The number of benzene rings is 1. The van der Waals surface area contributed by atoms with Crippen molar-refractivity contribution >= 4 is 17.8 Å². The van der Waals surface area contributed by atoms with Gasteiger partial charge in [-0.15, -0.1) is 0 Å². The fourth-order valence-corrected chi connectivity index (χ4v) is 3.14. The van der Waals surface area contributed by atoms with Crippen molar-refractivity contribution in [3.8, 4) is 0 Å². The van der Waals surface area contributed by atoms with E-state index in [1.165, 1.54) is 23.1 Å². The number of carbonyl (C=O) groups excluding carboxylic acids is 3. The Morgan fingerprint density at radius 2 is 1.94 bits per heavy atom. The Balaban J connectivity index is 2.08. The lowest BCUT2D eigenvalue weighted by Crippen LogP contribution is -2.51. The molecule has 1 aromatic heterocycles. The minimum Gasteiger partial charge on any atom is -0.461 e. The van der Waals surface area contributed by atoms with E-state index >= 15 is 0 Å². The molecule has 0 spiro atoms. The number of nitrogens with zero attached hydrogens (tertiary/aromatic N) is 2. The predicted octanol–water partition coefficient (Wildman–Crippen LogP) is 1.40. The highest BCUT2D eigenvalue weighted by atomic mass is 19.1. The van der Waals surface area contributed by atoms with Gasteiger partial charge in [0.25, 0.3) is 0 Å². The second-order valence-corrected chi connectivity index (χ2v) is 7.36. The van der Waals surface area contributed by atoms with Crippen LogP contribution in [0, 0.1) is 5.82 Å². The topological polar surface area (TPSA) is 115 Å². The molecule has 9 heteroatoms. The van der Waals surface area contributed by atoms with E-state index in [-0.39, 0.29) is 31.9 Å². The zero-order valence-electron chi connectivity index (χ0n) is 18.4. The first kappa shape index (κ1) is 25.7. The van der Waals surface area contributed by atoms with Crippen molar-refractivity contribution < 1.29 is 23.5 Å². The van der Waals surface area contributed by atoms with E-state index in [1.807, 2.05) is 12.1 Å². The van der Waals surface area contributed by atoms with Gasteiger partial charge in [-0.3, -0.25) is 19.4 Å². The number of primary amides is 1. The van der Waals surface area contributed by atoms with E-state index in [1.54, 1.807) is 24.4 Å². The van der Waals surface area contributed by atoms with Gasteiger partial charge in [-0.05, 0) is 42.8 Å². The summed E-state index contributed by atoms with van der Waals surface area (Å²) >= 11 is 0. The van der Waals surface area contributed by atoms with Gasteiger partial charge in [0.1, 0.15) is 12.4 Å². The molecule has 1 atom stereocenters. The van der Waals surface area contributed by atoms with E-state index in [0.29, 0.717) is 19.4 Å². The summed E-state index contributed by atoms with van der Waals surface area (Å²) < 4.78 is 18.1. The predicted molar refractivity (Wildman–Crippen MR) is 121 cm³/mol. The molecule has 176 valence electrons. The number of aromatic nitrogens is 1. The Labute approximate surface area is 192 Å². The molecule has 0 saturated carbocycles. The average molecular weight is 457 g/mol. The molecular weight excluding hydrogens is 427 g/mol. The van der Waals surface area contributed by atoms with Gasteiger partial charge in [0.2, 0.25) is 11.8 Å². The zero-order valence-corrected chi connectivity index (χ0v) is 18.4. The quantitative estimate of drug-likeness (QED) is 0.328. The maximum Gasteiger partial charge on any atom is 0.308 e. The van der Waals surface area contributed by atoms with Crippen LogP contribution in [-0.4, -0.2) is 60.0 Å². The van der Waals surface area contributed by atoms with E-state index in [4.69, 9.17) is 10.5 Å². The van der Waals surface area contributed by atoms with Crippen LogP contribution >= 0.6 is 0 Å². The summed E-state index contributed by atoms with van der Waals surface area (Å²) in [4.78, 5) is 42.6. The van der Waals surface area contributed by atoms with Crippen molar-refractivity contribution in [2.45, 2.75) is 25.3 Å². The third kappa shape index (κ3) is 9.61. The molecule has 2 aromatic rings. The molecule has 0 aliphatic rings. The highest BCUT2D eigenvalue weighted by Crippen LogP contribution is 2.07. The summed E-state index contributed by atoms with van der Waals surface area (Å²) in [5, 5.41) is 3.06. The second-order valence-electron chi connectivity index (χ2n) is 7.36. The lowest BCUT2D eigenvalue weighted by atomic mass is 10.1. The van der Waals surface area contributed by atoms with Crippen LogP contribution in [0.25, 0.3) is 0 Å². The largest absolute Gasteiger partial charge is 0.461 e. The van der Waals surface area contributed by atoms with Crippen LogP contribution in [-0.2, 0) is 32.0 Å². The maximum absolute atomic E-state index is 13.3. The van der Waals surface area contributed by atoms with Gasteiger partial charge in [0.15, 0.2) is 0 Å². The molecule has 2 amide bonds. The molecule has 1 unspecified atom stereocenters. The van der Waals surface area contributed by atoms with Gasteiger partial charge in [0.05, 0.1) is 19.0 Å². The summed E-state index contributed by atoms with van der Waals surface area (Å²) in [7, 11) is 0. The Kier molecular flexibility index (Phi) is 10.7. The zero-order chi connectivity index (χ0) is 24.1. The van der Waals surface area contributed by atoms with Gasteiger partial charge in [0, 0.05) is 24.9 Å². The molecule has 0 fully saturated rings. The molecule has 2 rings (SSSR count). The number of ether oxygens (including phenoxy) is 1. The van der Waals surface area contributed by atoms with Gasteiger partial charge in [-0.25, -0.2) is 4.39 Å². The molecular formula is C24H29FN4O4. The highest BCUT2D eigenvalue weighted by Gasteiger charge is 2.28. The van der Waals surface area contributed by atoms with E-state index < -0.39 is 23.8 Å². The smallest absolute Gasteiger partial charge is 0.308 e. The number of pyridine rings is 1. The van der Waals surface area contributed by atoms with Crippen LogP contribution in [0.1, 0.15) is 17.7 Å². The van der Waals surface area contributed by atoms with Gasteiger partial charge in [-0.1, -0.05) is 30.9 Å². The van der Waals surface area contributed by atoms with Crippen LogP contribution in [0.4, 0.5) is 4.39 Å². The van der Waals surface area contributed by atoms with E-state index in [9.17, 15) is 18.8 Å². The Hall–Kier alpha value is -3.59. The maximum atomic E-state index is 13.3. The fraction of sp³-hybridized carbons (Fsp3) is 0.333. The monoisotopic (exact) mass is 456 g/mol. The minimum atomic E-state index is -0.925. The SMILES string of the molecule is C=CCOC(=O)CC(NCCc1ccc(F)cc1)C(=O)N(CCc1ccccn1)CC(N)=O. The normalized spacial score (nSPS) is 11.4. The Morgan fingerprint density at radius 1 is 1.18 bits per heavy atom. The number of rotatable bonds is 14. The molecule has 1 aromatic carbocycles. The molecule has 0 bridgehead atoms. The summed E-state index contributed by atoms with van der Waals surface area (Å²) in [5.74, 6) is -2.02. The first-order valence-corrected chi connectivity index (χ1v) is 10.6.